The number of halogens is 1. The van der Waals surface area contributed by atoms with E-state index in [0.29, 0.717) is 6.42 Å². The third kappa shape index (κ3) is 2.35. The number of hydrogen-bond donors (Lipinski definition) is 2. The predicted molar refractivity (Wildman–Crippen MR) is 94.2 cm³/mol. The van der Waals surface area contributed by atoms with E-state index in [-0.39, 0.29) is 5.91 Å². The van der Waals surface area contributed by atoms with E-state index in [1.54, 1.807) is 7.05 Å². The summed E-state index contributed by atoms with van der Waals surface area (Å²) in [6.45, 7) is 0. The highest BCUT2D eigenvalue weighted by molar-refractivity contribution is 9.10. The Morgan fingerprint density at radius 2 is 2.04 bits per heavy atom. The van der Waals surface area contributed by atoms with E-state index in [1.807, 2.05) is 36.4 Å². The van der Waals surface area contributed by atoms with Crippen molar-refractivity contribution in [2.75, 3.05) is 12.4 Å². The number of azo groups is 1. The van der Waals surface area contributed by atoms with Crippen LogP contribution in [0.4, 0.5) is 11.4 Å². The van der Waals surface area contributed by atoms with Gasteiger partial charge in [0.2, 0.25) is 5.91 Å². The summed E-state index contributed by atoms with van der Waals surface area (Å²) in [5.74, 6) is -0.0178. The highest BCUT2D eigenvalue weighted by Gasteiger charge is 2.23. The molecule has 0 radical (unpaired) electrons. The maximum Gasteiger partial charge on any atom is 0.228 e. The zero-order valence-corrected chi connectivity index (χ0v) is 13.9. The molecule has 0 fully saturated rings. The second-order valence-electron chi connectivity index (χ2n) is 5.42. The Morgan fingerprint density at radius 3 is 2.87 bits per heavy atom. The number of amides is 1. The largest absolute Gasteiger partial charge is 0.354 e. The van der Waals surface area contributed by atoms with E-state index >= 15 is 0 Å². The standard InChI is InChI=1S/C17H13BrN4O/c1-19-22-10-3-5-15-13(7-10)17-12(8-16(23)20-15)11-6-9(18)2-4-14(11)21-17/h2-7,21H,8H2,1H3,(H,20,23). The Balaban J connectivity index is 2.04. The van der Waals surface area contributed by atoms with Crippen LogP contribution in [-0.4, -0.2) is 17.9 Å². The van der Waals surface area contributed by atoms with Gasteiger partial charge in [-0.3, -0.25) is 4.79 Å². The first kappa shape index (κ1) is 14.1. The Hall–Kier alpha value is -2.47. The molecule has 1 amide bonds. The van der Waals surface area contributed by atoms with Crippen LogP contribution in [-0.2, 0) is 11.2 Å². The normalized spacial score (nSPS) is 13.7. The van der Waals surface area contributed by atoms with Crippen molar-refractivity contribution in [3.05, 3.63) is 46.4 Å². The third-order valence-corrected chi connectivity index (χ3v) is 4.46. The summed E-state index contributed by atoms with van der Waals surface area (Å²) >= 11 is 3.50. The molecule has 6 heteroatoms. The number of carbonyl (C=O) groups is 1. The number of anilines is 1. The summed E-state index contributed by atoms with van der Waals surface area (Å²) in [6, 6.07) is 11.7. The number of nitrogens with zero attached hydrogens (tertiary/aromatic N) is 2. The molecule has 0 aliphatic carbocycles. The lowest BCUT2D eigenvalue weighted by Crippen LogP contribution is -2.12. The number of carbonyl (C=O) groups excluding carboxylic acids is 1. The summed E-state index contributed by atoms with van der Waals surface area (Å²) in [5, 5.41) is 11.9. The van der Waals surface area contributed by atoms with Gasteiger partial charge in [0.1, 0.15) is 0 Å². The lowest BCUT2D eigenvalue weighted by molar-refractivity contribution is -0.115. The molecule has 0 atom stereocenters. The van der Waals surface area contributed by atoms with Gasteiger partial charge in [0, 0.05) is 28.0 Å². The van der Waals surface area contributed by atoms with Gasteiger partial charge >= 0.3 is 0 Å². The monoisotopic (exact) mass is 368 g/mol. The van der Waals surface area contributed by atoms with Crippen molar-refractivity contribution < 1.29 is 4.79 Å². The molecule has 0 spiro atoms. The minimum absolute atomic E-state index is 0.0178. The van der Waals surface area contributed by atoms with Crippen molar-refractivity contribution in [2.24, 2.45) is 10.2 Å². The molecule has 2 aromatic carbocycles. The van der Waals surface area contributed by atoms with Crippen molar-refractivity contribution in [3.8, 4) is 11.3 Å². The molecule has 1 aliphatic heterocycles. The SMILES string of the molecule is CN=Nc1ccc2c(c1)-c1[nH]c3ccc(Br)cc3c1CC(=O)N2. The maximum absolute atomic E-state index is 12.3. The summed E-state index contributed by atoms with van der Waals surface area (Å²) in [4.78, 5) is 15.7. The maximum atomic E-state index is 12.3. The van der Waals surface area contributed by atoms with Crippen molar-refractivity contribution in [3.63, 3.8) is 0 Å². The van der Waals surface area contributed by atoms with E-state index in [0.717, 1.165) is 43.6 Å². The third-order valence-electron chi connectivity index (χ3n) is 3.97. The summed E-state index contributed by atoms with van der Waals surface area (Å²) < 4.78 is 0.991. The van der Waals surface area contributed by atoms with Crippen LogP contribution in [0.15, 0.2) is 51.1 Å². The quantitative estimate of drug-likeness (QED) is 0.594. The van der Waals surface area contributed by atoms with Crippen LogP contribution in [0, 0.1) is 0 Å². The topological polar surface area (TPSA) is 69.6 Å². The van der Waals surface area contributed by atoms with E-state index in [4.69, 9.17) is 0 Å². The van der Waals surface area contributed by atoms with Crippen LogP contribution in [0.1, 0.15) is 5.56 Å². The molecule has 1 aromatic heterocycles. The van der Waals surface area contributed by atoms with Crippen LogP contribution in [0.5, 0.6) is 0 Å². The number of rotatable bonds is 1. The molecule has 1 aliphatic rings. The van der Waals surface area contributed by atoms with Crippen LogP contribution in [0.3, 0.4) is 0 Å². The Kier molecular flexibility index (Phi) is 3.27. The number of hydrogen-bond acceptors (Lipinski definition) is 3. The van der Waals surface area contributed by atoms with Gasteiger partial charge < -0.3 is 10.3 Å². The number of nitrogens with one attached hydrogen (secondary N) is 2. The van der Waals surface area contributed by atoms with Crippen LogP contribution >= 0.6 is 15.9 Å². The minimum atomic E-state index is -0.0178. The van der Waals surface area contributed by atoms with E-state index < -0.39 is 0 Å². The lowest BCUT2D eigenvalue weighted by Gasteiger charge is -2.07. The molecular weight excluding hydrogens is 356 g/mol. The fraction of sp³-hybridized carbons (Fsp3) is 0.118. The zero-order valence-electron chi connectivity index (χ0n) is 12.4. The van der Waals surface area contributed by atoms with E-state index in [2.05, 4.69) is 36.5 Å². The molecular formula is C17H13BrN4O. The molecule has 2 heterocycles. The number of benzene rings is 2. The molecule has 0 bridgehead atoms. The highest BCUT2D eigenvalue weighted by Crippen LogP contribution is 2.39. The zero-order chi connectivity index (χ0) is 16.0. The smallest absolute Gasteiger partial charge is 0.228 e. The van der Waals surface area contributed by atoms with E-state index in [9.17, 15) is 4.79 Å². The Bertz CT molecular complexity index is 974. The predicted octanol–water partition coefficient (Wildman–Crippen LogP) is 4.81. The second-order valence-corrected chi connectivity index (χ2v) is 6.34. The number of aromatic nitrogens is 1. The molecule has 2 N–H and O–H groups in total. The van der Waals surface area contributed by atoms with Gasteiger partial charge in [-0.25, -0.2) is 0 Å². The molecule has 5 nitrogen and oxygen atoms in total. The fourth-order valence-electron chi connectivity index (χ4n) is 3.01. The van der Waals surface area contributed by atoms with Gasteiger partial charge in [0.25, 0.3) is 0 Å². The van der Waals surface area contributed by atoms with Gasteiger partial charge in [-0.2, -0.15) is 10.2 Å². The summed E-state index contributed by atoms with van der Waals surface area (Å²) in [5.41, 5.74) is 5.45. The highest BCUT2D eigenvalue weighted by atomic mass is 79.9. The minimum Gasteiger partial charge on any atom is -0.354 e. The van der Waals surface area contributed by atoms with Gasteiger partial charge in [0.15, 0.2) is 0 Å². The van der Waals surface area contributed by atoms with Gasteiger partial charge in [0.05, 0.1) is 23.5 Å². The Labute approximate surface area is 140 Å². The first-order valence-electron chi connectivity index (χ1n) is 7.20. The van der Waals surface area contributed by atoms with Crippen molar-refractivity contribution in [2.45, 2.75) is 6.42 Å². The molecule has 0 saturated heterocycles. The number of aromatic amines is 1. The van der Waals surface area contributed by atoms with Crippen molar-refractivity contribution in [1.82, 2.24) is 4.98 Å². The molecule has 4 rings (SSSR count). The van der Waals surface area contributed by atoms with Crippen LogP contribution in [0.2, 0.25) is 0 Å². The first-order valence-corrected chi connectivity index (χ1v) is 7.99. The molecule has 114 valence electrons. The number of H-pyrrole nitrogens is 1. The molecule has 0 unspecified atom stereocenters. The van der Waals surface area contributed by atoms with Crippen LogP contribution < -0.4 is 5.32 Å². The van der Waals surface area contributed by atoms with Crippen molar-refractivity contribution in [1.29, 1.82) is 0 Å². The van der Waals surface area contributed by atoms with Crippen molar-refractivity contribution >= 4 is 44.1 Å². The molecule has 3 aromatic rings. The first-order chi connectivity index (χ1) is 11.2. The second kappa shape index (κ2) is 5.31. The number of fused-ring (bicyclic) bond motifs is 5. The average Bonchev–Trinajstić information content (AvgIpc) is 2.80. The van der Waals surface area contributed by atoms with Gasteiger partial charge in [-0.05, 0) is 42.0 Å². The fourth-order valence-corrected chi connectivity index (χ4v) is 3.38. The van der Waals surface area contributed by atoms with E-state index in [1.165, 1.54) is 0 Å². The van der Waals surface area contributed by atoms with Crippen LogP contribution in [0.25, 0.3) is 22.2 Å². The van der Waals surface area contributed by atoms with Gasteiger partial charge in [-0.1, -0.05) is 15.9 Å². The Morgan fingerprint density at radius 1 is 1.17 bits per heavy atom. The summed E-state index contributed by atoms with van der Waals surface area (Å²) in [6.07, 6.45) is 0.338. The average molecular weight is 369 g/mol. The van der Waals surface area contributed by atoms with Gasteiger partial charge in [-0.15, -0.1) is 0 Å². The lowest BCUT2D eigenvalue weighted by atomic mass is 10.0. The molecule has 23 heavy (non-hydrogen) atoms. The summed E-state index contributed by atoms with van der Waals surface area (Å²) in [7, 11) is 1.64. The molecule has 0 saturated carbocycles.